The highest BCUT2D eigenvalue weighted by atomic mass is 16.3. The third kappa shape index (κ3) is 1.95. The Morgan fingerprint density at radius 1 is 1.75 bits per heavy atom. The van der Waals surface area contributed by atoms with Crippen molar-refractivity contribution in [1.82, 2.24) is 9.78 Å². The summed E-state index contributed by atoms with van der Waals surface area (Å²) in [5.41, 5.74) is 2.04. The average Bonchev–Trinajstić information content (AvgIpc) is 2.30. The van der Waals surface area contributed by atoms with Crippen molar-refractivity contribution < 1.29 is 5.11 Å². The molecule has 0 saturated carbocycles. The molecule has 0 bridgehead atoms. The van der Waals surface area contributed by atoms with Crippen LogP contribution in [-0.2, 0) is 6.54 Å². The Kier molecular flexibility index (Phi) is 2.65. The van der Waals surface area contributed by atoms with E-state index in [1.54, 1.807) is 4.68 Å². The zero-order valence-electron chi connectivity index (χ0n) is 7.49. The van der Waals surface area contributed by atoms with E-state index in [2.05, 4.69) is 11.7 Å². The number of rotatable bonds is 3. The van der Waals surface area contributed by atoms with Gasteiger partial charge in [-0.3, -0.25) is 4.68 Å². The van der Waals surface area contributed by atoms with Crippen molar-refractivity contribution in [3.05, 3.63) is 30.1 Å². The predicted molar refractivity (Wildman–Crippen MR) is 47.9 cm³/mol. The first-order chi connectivity index (χ1) is 5.63. The maximum atomic E-state index is 9.27. The number of aromatic nitrogens is 2. The standard InChI is InChI=1S/C9H14N2O/c1-4-9(12)6-11-8(3)5-7(2)10-11/h4-5,9,12H,1,6H2,2-3H3. The second-order valence-corrected chi connectivity index (χ2v) is 2.91. The van der Waals surface area contributed by atoms with Gasteiger partial charge >= 0.3 is 0 Å². The van der Waals surface area contributed by atoms with Gasteiger partial charge in [0.05, 0.1) is 18.3 Å². The molecule has 1 aromatic heterocycles. The van der Waals surface area contributed by atoms with Crippen molar-refractivity contribution in [2.45, 2.75) is 26.5 Å². The van der Waals surface area contributed by atoms with Gasteiger partial charge in [-0.2, -0.15) is 5.10 Å². The molecule has 1 N–H and O–H groups in total. The van der Waals surface area contributed by atoms with Crippen LogP contribution in [0.2, 0.25) is 0 Å². The summed E-state index contributed by atoms with van der Waals surface area (Å²) in [7, 11) is 0. The first-order valence-electron chi connectivity index (χ1n) is 3.95. The molecule has 1 heterocycles. The maximum absolute atomic E-state index is 9.27. The Bertz CT molecular complexity index is 278. The molecule has 1 rings (SSSR count). The van der Waals surface area contributed by atoms with Crippen LogP contribution in [0.25, 0.3) is 0 Å². The first kappa shape index (κ1) is 9.00. The molecule has 0 saturated heterocycles. The summed E-state index contributed by atoms with van der Waals surface area (Å²) in [6, 6.07) is 1.98. The second-order valence-electron chi connectivity index (χ2n) is 2.91. The molecule has 0 aliphatic rings. The molecule has 0 aliphatic carbocycles. The monoisotopic (exact) mass is 166 g/mol. The zero-order chi connectivity index (χ0) is 9.14. The van der Waals surface area contributed by atoms with Gasteiger partial charge in [-0.15, -0.1) is 6.58 Å². The summed E-state index contributed by atoms with van der Waals surface area (Å²) >= 11 is 0. The quantitative estimate of drug-likeness (QED) is 0.681. The van der Waals surface area contributed by atoms with Crippen molar-refractivity contribution in [3.63, 3.8) is 0 Å². The Morgan fingerprint density at radius 2 is 2.42 bits per heavy atom. The van der Waals surface area contributed by atoms with E-state index < -0.39 is 6.10 Å². The normalized spacial score (nSPS) is 12.9. The lowest BCUT2D eigenvalue weighted by molar-refractivity contribution is 0.195. The molecule has 0 radical (unpaired) electrons. The van der Waals surface area contributed by atoms with Gasteiger partial charge in [0, 0.05) is 5.69 Å². The van der Waals surface area contributed by atoms with Crippen molar-refractivity contribution in [2.24, 2.45) is 0 Å². The lowest BCUT2D eigenvalue weighted by atomic mass is 10.3. The highest BCUT2D eigenvalue weighted by molar-refractivity contribution is 5.06. The largest absolute Gasteiger partial charge is 0.387 e. The third-order valence-corrected chi connectivity index (χ3v) is 1.74. The van der Waals surface area contributed by atoms with Gasteiger partial charge < -0.3 is 5.11 Å². The Labute approximate surface area is 72.3 Å². The van der Waals surface area contributed by atoms with Crippen LogP contribution in [0.4, 0.5) is 0 Å². The Morgan fingerprint density at radius 3 is 2.83 bits per heavy atom. The van der Waals surface area contributed by atoms with Crippen LogP contribution in [0.5, 0.6) is 0 Å². The van der Waals surface area contributed by atoms with Gasteiger partial charge in [-0.05, 0) is 19.9 Å². The van der Waals surface area contributed by atoms with E-state index >= 15 is 0 Å². The summed E-state index contributed by atoms with van der Waals surface area (Å²) in [6.45, 7) is 7.89. The van der Waals surface area contributed by atoms with Gasteiger partial charge in [-0.25, -0.2) is 0 Å². The van der Waals surface area contributed by atoms with Crippen LogP contribution in [0.1, 0.15) is 11.4 Å². The predicted octanol–water partition coefficient (Wildman–Crippen LogP) is 1.05. The summed E-state index contributed by atoms with van der Waals surface area (Å²) in [4.78, 5) is 0. The molecule has 1 aromatic rings. The van der Waals surface area contributed by atoms with Crippen LogP contribution in [-0.4, -0.2) is 21.0 Å². The van der Waals surface area contributed by atoms with E-state index in [-0.39, 0.29) is 0 Å². The molecule has 1 atom stereocenters. The van der Waals surface area contributed by atoms with Crippen LogP contribution in [0.3, 0.4) is 0 Å². The van der Waals surface area contributed by atoms with Gasteiger partial charge in [0.25, 0.3) is 0 Å². The van der Waals surface area contributed by atoms with Gasteiger partial charge in [0.2, 0.25) is 0 Å². The van der Waals surface area contributed by atoms with Crippen LogP contribution >= 0.6 is 0 Å². The fourth-order valence-electron chi connectivity index (χ4n) is 1.11. The van der Waals surface area contributed by atoms with E-state index in [0.29, 0.717) is 6.54 Å². The molecule has 3 heteroatoms. The van der Waals surface area contributed by atoms with Gasteiger partial charge in [0.1, 0.15) is 0 Å². The molecule has 1 unspecified atom stereocenters. The molecule has 0 fully saturated rings. The van der Waals surface area contributed by atoms with Crippen molar-refractivity contribution in [1.29, 1.82) is 0 Å². The van der Waals surface area contributed by atoms with E-state index in [9.17, 15) is 5.11 Å². The van der Waals surface area contributed by atoms with Crippen molar-refractivity contribution in [2.75, 3.05) is 0 Å². The summed E-state index contributed by atoms with van der Waals surface area (Å²) < 4.78 is 1.78. The van der Waals surface area contributed by atoms with E-state index in [1.807, 2.05) is 19.9 Å². The van der Waals surface area contributed by atoms with Crippen LogP contribution in [0, 0.1) is 13.8 Å². The highest BCUT2D eigenvalue weighted by Gasteiger charge is 2.04. The van der Waals surface area contributed by atoms with Crippen molar-refractivity contribution >= 4 is 0 Å². The Hall–Kier alpha value is -1.09. The fourth-order valence-corrected chi connectivity index (χ4v) is 1.11. The lowest BCUT2D eigenvalue weighted by Crippen LogP contribution is -2.15. The SMILES string of the molecule is C=CC(O)Cn1nc(C)cc1C. The number of hydrogen-bond donors (Lipinski definition) is 1. The van der Waals surface area contributed by atoms with Crippen LogP contribution in [0.15, 0.2) is 18.7 Å². The molecular formula is C9H14N2O. The molecule has 66 valence electrons. The molecule has 0 spiro atoms. The molecule has 0 aliphatic heterocycles. The fraction of sp³-hybridized carbons (Fsp3) is 0.444. The third-order valence-electron chi connectivity index (χ3n) is 1.74. The van der Waals surface area contributed by atoms with Crippen LogP contribution < -0.4 is 0 Å². The molecule has 0 amide bonds. The first-order valence-corrected chi connectivity index (χ1v) is 3.95. The summed E-state index contributed by atoms with van der Waals surface area (Å²) in [5, 5.41) is 13.5. The minimum Gasteiger partial charge on any atom is -0.387 e. The minimum atomic E-state index is -0.511. The average molecular weight is 166 g/mol. The molecular weight excluding hydrogens is 152 g/mol. The smallest absolute Gasteiger partial charge is 0.0914 e. The topological polar surface area (TPSA) is 38.0 Å². The minimum absolute atomic E-state index is 0.489. The van der Waals surface area contributed by atoms with E-state index in [1.165, 1.54) is 6.08 Å². The van der Waals surface area contributed by atoms with Crippen molar-refractivity contribution in [3.8, 4) is 0 Å². The second kappa shape index (κ2) is 3.54. The number of nitrogens with zero attached hydrogens (tertiary/aromatic N) is 2. The molecule has 0 aromatic carbocycles. The highest BCUT2D eigenvalue weighted by Crippen LogP contribution is 2.02. The zero-order valence-corrected chi connectivity index (χ0v) is 7.49. The number of hydrogen-bond acceptors (Lipinski definition) is 2. The van der Waals surface area contributed by atoms with Gasteiger partial charge in [0.15, 0.2) is 0 Å². The summed E-state index contributed by atoms with van der Waals surface area (Å²) in [6.07, 6.45) is 0.999. The van der Waals surface area contributed by atoms with E-state index in [4.69, 9.17) is 0 Å². The Balaban J connectivity index is 2.74. The number of aliphatic hydroxyl groups excluding tert-OH is 1. The number of aryl methyl sites for hydroxylation is 2. The maximum Gasteiger partial charge on any atom is 0.0914 e. The molecule has 3 nitrogen and oxygen atoms in total. The number of aliphatic hydroxyl groups is 1. The van der Waals surface area contributed by atoms with Gasteiger partial charge in [-0.1, -0.05) is 6.08 Å². The van der Waals surface area contributed by atoms with E-state index in [0.717, 1.165) is 11.4 Å². The lowest BCUT2D eigenvalue weighted by Gasteiger charge is -2.06. The molecule has 12 heavy (non-hydrogen) atoms. The summed E-state index contributed by atoms with van der Waals surface area (Å²) in [5.74, 6) is 0.